The molecule has 174 valence electrons. The Morgan fingerprint density at radius 3 is 2.74 bits per heavy atom. The van der Waals surface area contributed by atoms with Crippen LogP contribution in [0.3, 0.4) is 0 Å². The van der Waals surface area contributed by atoms with Gasteiger partial charge in [-0.2, -0.15) is 5.10 Å². The number of likely N-dealkylation sites (N-methyl/N-ethyl adjacent to an activating group) is 1. The molecular formula is C21H36IN7OS. The highest BCUT2D eigenvalue weighted by atomic mass is 127. The largest absolute Gasteiger partial charge is 0.376 e. The molecule has 3 unspecified atom stereocenters. The van der Waals surface area contributed by atoms with E-state index in [2.05, 4.69) is 75.3 Å². The van der Waals surface area contributed by atoms with Gasteiger partial charge in [0.25, 0.3) is 0 Å². The number of halogens is 1. The average molecular weight is 562 g/mol. The number of aliphatic imine (C=N–C) groups is 1. The second-order valence-electron chi connectivity index (χ2n) is 7.97. The van der Waals surface area contributed by atoms with Crippen LogP contribution in [-0.2, 0) is 11.8 Å². The summed E-state index contributed by atoms with van der Waals surface area (Å²) < 4.78 is 7.59. The highest BCUT2D eigenvalue weighted by Crippen LogP contribution is 2.26. The lowest BCUT2D eigenvalue weighted by Crippen LogP contribution is -2.48. The monoisotopic (exact) mass is 561 g/mol. The normalized spacial score (nSPS) is 19.7. The summed E-state index contributed by atoms with van der Waals surface area (Å²) in [5.74, 6) is 0.814. The average Bonchev–Trinajstić information content (AvgIpc) is 3.39. The van der Waals surface area contributed by atoms with Gasteiger partial charge in [-0.15, -0.1) is 35.3 Å². The second-order valence-corrected chi connectivity index (χ2v) is 8.95. The number of hydrogen-bond donors (Lipinski definition) is 2. The van der Waals surface area contributed by atoms with E-state index < -0.39 is 0 Å². The fourth-order valence-electron chi connectivity index (χ4n) is 3.84. The van der Waals surface area contributed by atoms with Crippen molar-refractivity contribution in [3.05, 3.63) is 40.3 Å². The summed E-state index contributed by atoms with van der Waals surface area (Å²) in [6.07, 6.45) is 4.25. The molecule has 3 atom stereocenters. The second kappa shape index (κ2) is 12.7. The number of nitrogens with zero attached hydrogens (tertiary/aromatic N) is 5. The summed E-state index contributed by atoms with van der Waals surface area (Å²) in [5.41, 5.74) is 1.18. The molecule has 2 aromatic heterocycles. The van der Waals surface area contributed by atoms with Gasteiger partial charge in [0.05, 0.1) is 31.0 Å². The molecular weight excluding hydrogens is 525 g/mol. The Hall–Kier alpha value is -1.21. The molecule has 1 fully saturated rings. The zero-order chi connectivity index (χ0) is 21.5. The molecule has 0 saturated carbocycles. The molecule has 1 saturated heterocycles. The first-order chi connectivity index (χ1) is 14.5. The van der Waals surface area contributed by atoms with E-state index in [-0.39, 0.29) is 36.1 Å². The Bertz CT molecular complexity index is 796. The first-order valence-corrected chi connectivity index (χ1v) is 11.3. The minimum absolute atomic E-state index is 0. The summed E-state index contributed by atoms with van der Waals surface area (Å²) in [6, 6.07) is 4.86. The highest BCUT2D eigenvalue weighted by molar-refractivity contribution is 14.0. The molecule has 1 aliphatic rings. The van der Waals surface area contributed by atoms with E-state index in [1.807, 2.05) is 36.3 Å². The van der Waals surface area contributed by atoms with Crippen LogP contribution in [0.4, 0.5) is 0 Å². The lowest BCUT2D eigenvalue weighted by molar-refractivity contribution is -0.0334. The van der Waals surface area contributed by atoms with Crippen molar-refractivity contribution in [2.24, 2.45) is 12.0 Å². The summed E-state index contributed by atoms with van der Waals surface area (Å²) in [5, 5.41) is 13.5. The van der Waals surface area contributed by atoms with Crippen LogP contribution in [0.15, 0.2) is 34.9 Å². The number of nitrogens with one attached hydrogen (secondary N) is 2. The maximum Gasteiger partial charge on any atom is 0.191 e. The SMILES string of the molecule is CN=C(NCC(c1cnn(C)c1)N(C)C)NCC(c1cccs1)N1CCOC(C)C1.I. The van der Waals surface area contributed by atoms with Gasteiger partial charge in [0.1, 0.15) is 0 Å². The minimum Gasteiger partial charge on any atom is -0.376 e. The van der Waals surface area contributed by atoms with E-state index in [1.165, 1.54) is 10.4 Å². The molecule has 2 N–H and O–H groups in total. The molecule has 10 heteroatoms. The van der Waals surface area contributed by atoms with Crippen LogP contribution in [0.5, 0.6) is 0 Å². The van der Waals surface area contributed by atoms with E-state index in [1.54, 1.807) is 0 Å². The van der Waals surface area contributed by atoms with E-state index in [4.69, 9.17) is 4.74 Å². The summed E-state index contributed by atoms with van der Waals surface area (Å²) >= 11 is 1.81. The predicted octanol–water partition coefficient (Wildman–Crippen LogP) is 2.33. The van der Waals surface area contributed by atoms with E-state index >= 15 is 0 Å². The van der Waals surface area contributed by atoms with Crippen molar-refractivity contribution in [3.8, 4) is 0 Å². The van der Waals surface area contributed by atoms with Gasteiger partial charge in [0.2, 0.25) is 0 Å². The van der Waals surface area contributed by atoms with Gasteiger partial charge < -0.3 is 20.3 Å². The maximum absolute atomic E-state index is 5.75. The molecule has 0 aromatic carbocycles. The van der Waals surface area contributed by atoms with Crippen molar-refractivity contribution in [3.63, 3.8) is 0 Å². The molecule has 3 heterocycles. The third kappa shape index (κ3) is 7.41. The molecule has 0 spiro atoms. The maximum atomic E-state index is 5.75. The van der Waals surface area contributed by atoms with Crippen molar-refractivity contribution < 1.29 is 4.74 Å². The van der Waals surface area contributed by atoms with Crippen LogP contribution in [0.25, 0.3) is 0 Å². The number of hydrogen-bond acceptors (Lipinski definition) is 6. The van der Waals surface area contributed by atoms with Gasteiger partial charge in [0.15, 0.2) is 5.96 Å². The third-order valence-electron chi connectivity index (χ3n) is 5.47. The number of rotatable bonds is 8. The molecule has 0 aliphatic carbocycles. The van der Waals surface area contributed by atoms with Crippen LogP contribution in [0.2, 0.25) is 0 Å². The number of guanidine groups is 1. The molecule has 0 radical (unpaired) electrons. The standard InChI is InChI=1S/C21H35N7OS.HI/c1-16-14-28(8-9-29-16)19(20-7-6-10-30-20)13-24-21(22-2)23-12-18(26(3)4)17-11-25-27(5)15-17;/h6-7,10-11,15-16,18-19H,8-9,12-14H2,1-5H3,(H2,22,23,24);1H. The van der Waals surface area contributed by atoms with E-state index in [9.17, 15) is 0 Å². The number of aromatic nitrogens is 2. The number of thiophene rings is 1. The van der Waals surface area contributed by atoms with E-state index in [0.717, 1.165) is 38.7 Å². The summed E-state index contributed by atoms with van der Waals surface area (Å²) in [4.78, 5) is 10.5. The fourth-order valence-corrected chi connectivity index (χ4v) is 4.70. The van der Waals surface area contributed by atoms with Gasteiger partial charge in [-0.05, 0) is 32.5 Å². The fraction of sp³-hybridized carbons (Fsp3) is 0.619. The minimum atomic E-state index is 0. The molecule has 0 amide bonds. The molecule has 31 heavy (non-hydrogen) atoms. The van der Waals surface area contributed by atoms with Gasteiger partial charge in [0, 0.05) is 56.9 Å². The first kappa shape index (κ1) is 26.0. The van der Waals surface area contributed by atoms with Crippen LogP contribution >= 0.6 is 35.3 Å². The first-order valence-electron chi connectivity index (χ1n) is 10.5. The number of ether oxygens (including phenoxy) is 1. The Balaban J connectivity index is 0.00000341. The quantitative estimate of drug-likeness (QED) is 0.293. The van der Waals surface area contributed by atoms with Crippen LogP contribution in [0.1, 0.15) is 29.4 Å². The van der Waals surface area contributed by atoms with Crippen LogP contribution in [-0.4, -0.2) is 85.6 Å². The smallest absolute Gasteiger partial charge is 0.191 e. The molecule has 2 aromatic rings. The van der Waals surface area contributed by atoms with Crippen molar-refractivity contribution in [1.29, 1.82) is 0 Å². The Kier molecular flexibility index (Phi) is 10.7. The Morgan fingerprint density at radius 1 is 1.39 bits per heavy atom. The lowest BCUT2D eigenvalue weighted by Gasteiger charge is -2.37. The molecule has 8 nitrogen and oxygen atoms in total. The number of morpholine rings is 1. The van der Waals surface area contributed by atoms with Crippen molar-refractivity contribution >= 4 is 41.3 Å². The van der Waals surface area contributed by atoms with Gasteiger partial charge in [-0.3, -0.25) is 14.6 Å². The number of aryl methyl sites for hydroxylation is 1. The zero-order valence-corrected chi connectivity index (χ0v) is 22.3. The van der Waals surface area contributed by atoms with Crippen molar-refractivity contribution in [2.45, 2.75) is 25.1 Å². The molecule has 3 rings (SSSR count). The zero-order valence-electron chi connectivity index (χ0n) is 19.1. The topological polar surface area (TPSA) is 70.0 Å². The van der Waals surface area contributed by atoms with Gasteiger partial charge >= 0.3 is 0 Å². The lowest BCUT2D eigenvalue weighted by atomic mass is 10.1. The van der Waals surface area contributed by atoms with Crippen LogP contribution in [0, 0.1) is 0 Å². The van der Waals surface area contributed by atoms with E-state index in [0.29, 0.717) is 6.04 Å². The van der Waals surface area contributed by atoms with Gasteiger partial charge in [-0.1, -0.05) is 6.07 Å². The third-order valence-corrected chi connectivity index (χ3v) is 6.44. The van der Waals surface area contributed by atoms with Crippen molar-refractivity contribution in [1.82, 2.24) is 30.2 Å². The predicted molar refractivity (Wildman–Crippen MR) is 138 cm³/mol. The summed E-state index contributed by atoms with van der Waals surface area (Å²) in [7, 11) is 7.94. The van der Waals surface area contributed by atoms with Crippen LogP contribution < -0.4 is 10.6 Å². The summed E-state index contributed by atoms with van der Waals surface area (Å²) in [6.45, 7) is 6.37. The van der Waals surface area contributed by atoms with Gasteiger partial charge in [-0.25, -0.2) is 0 Å². The molecule has 1 aliphatic heterocycles. The van der Waals surface area contributed by atoms with Crippen molar-refractivity contribution in [2.75, 3.05) is 53.9 Å². The Morgan fingerprint density at radius 2 is 2.16 bits per heavy atom. The molecule has 0 bridgehead atoms. The Labute approximate surface area is 207 Å². The highest BCUT2D eigenvalue weighted by Gasteiger charge is 2.26.